The lowest BCUT2D eigenvalue weighted by molar-refractivity contribution is 0.0513. The molecule has 6 nitrogen and oxygen atoms in total. The summed E-state index contributed by atoms with van der Waals surface area (Å²) in [7, 11) is 1.64. The lowest BCUT2D eigenvalue weighted by atomic mass is 10.2. The summed E-state index contributed by atoms with van der Waals surface area (Å²) in [6, 6.07) is 0. The summed E-state index contributed by atoms with van der Waals surface area (Å²) >= 11 is 4.93. The maximum atomic E-state index is 11.2. The van der Waals surface area contributed by atoms with Crippen molar-refractivity contribution < 1.29 is 14.3 Å². The van der Waals surface area contributed by atoms with Crippen molar-refractivity contribution in [3.8, 4) is 0 Å². The van der Waals surface area contributed by atoms with E-state index in [1.165, 1.54) is 0 Å². The van der Waals surface area contributed by atoms with E-state index in [2.05, 4.69) is 16.2 Å². The molecule has 0 rings (SSSR count). The first-order valence-corrected chi connectivity index (χ1v) is 5.78. The van der Waals surface area contributed by atoms with E-state index in [0.717, 1.165) is 6.42 Å². The van der Waals surface area contributed by atoms with Crippen molar-refractivity contribution in [3.63, 3.8) is 0 Å². The standard InChI is InChI=1S/C10H21N3O3S/c1-10(2,3)16-9(14)13-12-8(17)11-6-5-7-15-4/h5-7H2,1-4H3,(H,13,14)(H2,11,12,17). The second kappa shape index (κ2) is 8.08. The summed E-state index contributed by atoms with van der Waals surface area (Å²) in [6.45, 7) is 6.69. The Morgan fingerprint density at radius 3 is 2.47 bits per heavy atom. The zero-order valence-corrected chi connectivity index (χ0v) is 11.6. The molecule has 0 aliphatic rings. The van der Waals surface area contributed by atoms with Gasteiger partial charge in [-0.3, -0.25) is 5.43 Å². The van der Waals surface area contributed by atoms with Crippen LogP contribution in [0.2, 0.25) is 0 Å². The Kier molecular flexibility index (Phi) is 7.56. The quantitative estimate of drug-likeness (QED) is 0.398. The van der Waals surface area contributed by atoms with Gasteiger partial charge in [-0.15, -0.1) is 0 Å². The number of methoxy groups -OCH3 is 1. The van der Waals surface area contributed by atoms with Crippen LogP contribution in [0.5, 0.6) is 0 Å². The number of carbonyl (C=O) groups excluding carboxylic acids is 1. The third-order valence-electron chi connectivity index (χ3n) is 1.49. The number of ether oxygens (including phenoxy) is 2. The molecule has 1 amide bonds. The number of hydrogen-bond acceptors (Lipinski definition) is 4. The summed E-state index contributed by atoms with van der Waals surface area (Å²) in [6.07, 6.45) is 0.267. The minimum atomic E-state index is -0.571. The summed E-state index contributed by atoms with van der Waals surface area (Å²) in [5.74, 6) is 0. The molecule has 0 aromatic carbocycles. The van der Waals surface area contributed by atoms with Crippen LogP contribution in [0.4, 0.5) is 4.79 Å². The monoisotopic (exact) mass is 263 g/mol. The first-order valence-electron chi connectivity index (χ1n) is 5.37. The Bertz CT molecular complexity index is 254. The molecule has 0 bridgehead atoms. The van der Waals surface area contributed by atoms with Crippen molar-refractivity contribution in [2.24, 2.45) is 0 Å². The van der Waals surface area contributed by atoms with Gasteiger partial charge in [0.1, 0.15) is 5.60 Å². The molecule has 0 spiro atoms. The van der Waals surface area contributed by atoms with Gasteiger partial charge in [0.25, 0.3) is 0 Å². The second-order valence-electron chi connectivity index (χ2n) is 4.35. The van der Waals surface area contributed by atoms with E-state index in [4.69, 9.17) is 21.7 Å². The van der Waals surface area contributed by atoms with Gasteiger partial charge in [-0.1, -0.05) is 0 Å². The topological polar surface area (TPSA) is 71.6 Å². The molecular weight excluding hydrogens is 242 g/mol. The Morgan fingerprint density at radius 2 is 1.94 bits per heavy atom. The van der Waals surface area contributed by atoms with Crippen molar-refractivity contribution in [3.05, 3.63) is 0 Å². The van der Waals surface area contributed by atoms with Gasteiger partial charge in [-0.2, -0.15) is 0 Å². The van der Waals surface area contributed by atoms with Gasteiger partial charge >= 0.3 is 6.09 Å². The van der Waals surface area contributed by atoms with Crippen LogP contribution >= 0.6 is 12.2 Å². The number of thiocarbonyl (C=S) groups is 1. The Morgan fingerprint density at radius 1 is 1.29 bits per heavy atom. The van der Waals surface area contributed by atoms with Gasteiger partial charge in [0.05, 0.1) is 0 Å². The van der Waals surface area contributed by atoms with Crippen LogP contribution in [0.15, 0.2) is 0 Å². The molecule has 100 valence electrons. The largest absolute Gasteiger partial charge is 0.443 e. The predicted octanol–water partition coefficient (Wildman–Crippen LogP) is 0.927. The molecule has 0 saturated heterocycles. The van der Waals surface area contributed by atoms with Crippen LogP contribution in [0.1, 0.15) is 27.2 Å². The molecule has 7 heteroatoms. The number of amides is 1. The highest BCUT2D eigenvalue weighted by molar-refractivity contribution is 7.80. The van der Waals surface area contributed by atoms with Crippen LogP contribution < -0.4 is 16.2 Å². The first kappa shape index (κ1) is 15.9. The third-order valence-corrected chi connectivity index (χ3v) is 1.73. The SMILES string of the molecule is COCCCNC(=S)NNC(=O)OC(C)(C)C. The summed E-state index contributed by atoms with van der Waals surface area (Å²) < 4.78 is 9.89. The average molecular weight is 263 g/mol. The number of rotatable bonds is 4. The summed E-state index contributed by atoms with van der Waals surface area (Å²) in [5, 5.41) is 3.25. The van der Waals surface area contributed by atoms with Crippen LogP contribution in [-0.2, 0) is 9.47 Å². The molecule has 0 saturated carbocycles. The lowest BCUT2D eigenvalue weighted by Gasteiger charge is -2.20. The summed E-state index contributed by atoms with van der Waals surface area (Å²) in [5.41, 5.74) is 4.34. The fourth-order valence-corrected chi connectivity index (χ4v) is 1.03. The maximum Gasteiger partial charge on any atom is 0.426 e. The maximum absolute atomic E-state index is 11.2. The van der Waals surface area contributed by atoms with Gasteiger partial charge in [-0.25, -0.2) is 10.2 Å². The van der Waals surface area contributed by atoms with Gasteiger partial charge in [0, 0.05) is 20.3 Å². The highest BCUT2D eigenvalue weighted by Crippen LogP contribution is 2.05. The fraction of sp³-hybridized carbons (Fsp3) is 0.800. The number of nitrogens with one attached hydrogen (secondary N) is 3. The Hall–Kier alpha value is -1.08. The van der Waals surface area contributed by atoms with E-state index in [9.17, 15) is 4.79 Å². The van der Waals surface area contributed by atoms with Gasteiger partial charge < -0.3 is 14.8 Å². The van der Waals surface area contributed by atoms with Crippen molar-refractivity contribution in [1.82, 2.24) is 16.2 Å². The highest BCUT2D eigenvalue weighted by Gasteiger charge is 2.15. The van der Waals surface area contributed by atoms with Crippen molar-refractivity contribution in [2.45, 2.75) is 32.8 Å². The van der Waals surface area contributed by atoms with E-state index in [1.807, 2.05) is 0 Å². The van der Waals surface area contributed by atoms with Gasteiger partial charge in [0.15, 0.2) is 5.11 Å². The molecule has 0 atom stereocenters. The molecule has 0 aliphatic heterocycles. The molecule has 0 unspecified atom stereocenters. The predicted molar refractivity (Wildman–Crippen MR) is 69.6 cm³/mol. The molecule has 0 aromatic rings. The molecule has 0 radical (unpaired) electrons. The number of hydrazine groups is 1. The second-order valence-corrected chi connectivity index (χ2v) is 4.76. The molecule has 3 N–H and O–H groups in total. The van der Waals surface area contributed by atoms with E-state index >= 15 is 0 Å². The van der Waals surface area contributed by atoms with E-state index in [1.54, 1.807) is 27.9 Å². The Balaban J connectivity index is 3.59. The molecule has 0 fully saturated rings. The molecule has 17 heavy (non-hydrogen) atoms. The van der Waals surface area contributed by atoms with Crippen LogP contribution in [0.3, 0.4) is 0 Å². The normalized spacial score (nSPS) is 10.6. The van der Waals surface area contributed by atoms with Crippen LogP contribution in [-0.4, -0.2) is 37.1 Å². The molecular formula is C10H21N3O3S. The first-order chi connectivity index (χ1) is 7.85. The Labute approximate surface area is 107 Å². The van der Waals surface area contributed by atoms with E-state index in [0.29, 0.717) is 18.3 Å². The van der Waals surface area contributed by atoms with Crippen LogP contribution in [0, 0.1) is 0 Å². The molecule has 0 aliphatic carbocycles. The zero-order chi connectivity index (χ0) is 13.3. The average Bonchev–Trinajstić information content (AvgIpc) is 2.19. The fourth-order valence-electron chi connectivity index (χ4n) is 0.874. The highest BCUT2D eigenvalue weighted by atomic mass is 32.1. The molecule has 0 heterocycles. The smallest absolute Gasteiger partial charge is 0.426 e. The minimum absolute atomic E-state index is 0.340. The summed E-state index contributed by atoms with van der Waals surface area (Å²) in [4.78, 5) is 11.2. The van der Waals surface area contributed by atoms with Gasteiger partial charge in [0.2, 0.25) is 0 Å². The van der Waals surface area contributed by atoms with Gasteiger partial charge in [-0.05, 0) is 39.4 Å². The van der Waals surface area contributed by atoms with Crippen molar-refractivity contribution in [2.75, 3.05) is 20.3 Å². The van der Waals surface area contributed by atoms with Crippen LogP contribution in [0.25, 0.3) is 0 Å². The minimum Gasteiger partial charge on any atom is -0.443 e. The van der Waals surface area contributed by atoms with Crippen molar-refractivity contribution >= 4 is 23.4 Å². The zero-order valence-electron chi connectivity index (χ0n) is 10.8. The molecule has 0 aromatic heterocycles. The number of carbonyl (C=O) groups is 1. The third kappa shape index (κ3) is 11.2. The van der Waals surface area contributed by atoms with E-state index in [-0.39, 0.29) is 0 Å². The number of hydrogen-bond donors (Lipinski definition) is 3. The van der Waals surface area contributed by atoms with Crippen molar-refractivity contribution in [1.29, 1.82) is 0 Å². The lowest BCUT2D eigenvalue weighted by Crippen LogP contribution is -2.48. The van der Waals surface area contributed by atoms with E-state index < -0.39 is 11.7 Å².